The Morgan fingerprint density at radius 2 is 2.29 bits per heavy atom. The molecule has 0 spiro atoms. The van der Waals surface area contributed by atoms with Crippen molar-refractivity contribution >= 4 is 11.5 Å². The zero-order chi connectivity index (χ0) is 14.7. The molecule has 6 heteroatoms. The first-order valence-corrected chi connectivity index (χ1v) is 7.31. The highest BCUT2D eigenvalue weighted by atomic mass is 16.5. The molecule has 0 bridgehead atoms. The topological polar surface area (TPSA) is 86.2 Å². The zero-order valence-electron chi connectivity index (χ0n) is 12.1. The quantitative estimate of drug-likeness (QED) is 0.814. The Morgan fingerprint density at radius 3 is 3.00 bits per heavy atom. The third-order valence-electron chi connectivity index (χ3n) is 3.41. The Kier molecular flexibility index (Phi) is 3.94. The number of nitrogens with two attached hydrogens (primary N) is 1. The summed E-state index contributed by atoms with van der Waals surface area (Å²) in [5, 5.41) is 3.17. The molecule has 6 nitrogen and oxygen atoms in total. The molecule has 112 valence electrons. The highest BCUT2D eigenvalue weighted by Gasteiger charge is 2.22. The van der Waals surface area contributed by atoms with Crippen molar-refractivity contribution in [2.45, 2.75) is 32.7 Å². The maximum absolute atomic E-state index is 5.88. The number of hydrogen-bond acceptors (Lipinski definition) is 6. The van der Waals surface area contributed by atoms with Crippen LogP contribution in [0, 0.1) is 5.92 Å². The lowest BCUT2D eigenvalue weighted by atomic mass is 10.4. The van der Waals surface area contributed by atoms with Crippen LogP contribution in [0.1, 0.15) is 31.4 Å². The van der Waals surface area contributed by atoms with Crippen LogP contribution in [0.15, 0.2) is 22.7 Å². The standard InChI is InChI=1S/C15H20N4O2/c1-2-11-7-18-14(21-11)8-17-13-6-5-12(16)15(19-13)20-9-10-3-4-10/h5-7,10H,2-4,8-9,16H2,1H3,(H,17,19). The van der Waals surface area contributed by atoms with Gasteiger partial charge in [0, 0.05) is 6.42 Å². The number of nitrogens with one attached hydrogen (secondary N) is 1. The van der Waals surface area contributed by atoms with Crippen LogP contribution in [0.25, 0.3) is 0 Å². The van der Waals surface area contributed by atoms with Crippen molar-refractivity contribution in [1.29, 1.82) is 0 Å². The lowest BCUT2D eigenvalue weighted by molar-refractivity contribution is 0.290. The third kappa shape index (κ3) is 3.65. The molecule has 0 aliphatic heterocycles. The summed E-state index contributed by atoms with van der Waals surface area (Å²) in [5.74, 6) is 3.39. The number of hydrogen-bond donors (Lipinski definition) is 2. The van der Waals surface area contributed by atoms with Crippen molar-refractivity contribution in [3.63, 3.8) is 0 Å². The number of anilines is 2. The maximum atomic E-state index is 5.88. The van der Waals surface area contributed by atoms with E-state index in [0.29, 0.717) is 42.3 Å². The van der Waals surface area contributed by atoms with Gasteiger partial charge in [0.25, 0.3) is 0 Å². The normalized spacial score (nSPS) is 14.1. The molecule has 2 aromatic heterocycles. The fourth-order valence-electron chi connectivity index (χ4n) is 1.91. The predicted octanol–water partition coefficient (Wildman–Crippen LogP) is 2.62. The van der Waals surface area contributed by atoms with Crippen LogP contribution in [0.3, 0.4) is 0 Å². The van der Waals surface area contributed by atoms with E-state index in [4.69, 9.17) is 14.9 Å². The second kappa shape index (κ2) is 6.03. The van der Waals surface area contributed by atoms with Crippen molar-refractivity contribution < 1.29 is 9.15 Å². The number of pyridine rings is 1. The number of rotatable bonds is 7. The number of ether oxygens (including phenoxy) is 1. The summed E-state index contributed by atoms with van der Waals surface area (Å²) in [6, 6.07) is 3.62. The summed E-state index contributed by atoms with van der Waals surface area (Å²) in [6.45, 7) is 3.21. The lowest BCUT2D eigenvalue weighted by Gasteiger charge is -2.09. The summed E-state index contributed by atoms with van der Waals surface area (Å²) in [7, 11) is 0. The molecule has 1 aliphatic rings. The molecule has 0 radical (unpaired) electrons. The second-order valence-electron chi connectivity index (χ2n) is 5.27. The fourth-order valence-corrected chi connectivity index (χ4v) is 1.91. The fraction of sp³-hybridized carbons (Fsp3) is 0.467. The summed E-state index contributed by atoms with van der Waals surface area (Å²) < 4.78 is 11.2. The molecule has 1 aliphatic carbocycles. The van der Waals surface area contributed by atoms with Crippen molar-refractivity contribution in [2.24, 2.45) is 5.92 Å². The average molecular weight is 288 g/mol. The molecule has 3 N–H and O–H groups in total. The van der Waals surface area contributed by atoms with Gasteiger partial charge in [-0.15, -0.1) is 0 Å². The van der Waals surface area contributed by atoms with E-state index in [1.165, 1.54) is 12.8 Å². The molecule has 2 heterocycles. The molecular formula is C15H20N4O2. The van der Waals surface area contributed by atoms with Crippen LogP contribution in [0.2, 0.25) is 0 Å². The van der Waals surface area contributed by atoms with Crippen LogP contribution in [0.4, 0.5) is 11.5 Å². The summed E-state index contributed by atoms with van der Waals surface area (Å²) in [4.78, 5) is 8.58. The van der Waals surface area contributed by atoms with Gasteiger partial charge < -0.3 is 20.2 Å². The van der Waals surface area contributed by atoms with E-state index in [-0.39, 0.29) is 0 Å². The highest BCUT2D eigenvalue weighted by molar-refractivity contribution is 5.53. The van der Waals surface area contributed by atoms with Crippen molar-refractivity contribution in [2.75, 3.05) is 17.7 Å². The SMILES string of the molecule is CCc1cnc(CNc2ccc(N)c(OCC3CC3)n2)o1. The Balaban J connectivity index is 1.60. The van der Waals surface area contributed by atoms with E-state index >= 15 is 0 Å². The van der Waals surface area contributed by atoms with E-state index in [1.54, 1.807) is 12.3 Å². The van der Waals surface area contributed by atoms with Crippen LogP contribution in [-0.4, -0.2) is 16.6 Å². The first-order valence-electron chi connectivity index (χ1n) is 7.31. The highest BCUT2D eigenvalue weighted by Crippen LogP contribution is 2.30. The number of oxazole rings is 1. The van der Waals surface area contributed by atoms with Crippen molar-refractivity contribution in [3.8, 4) is 5.88 Å². The van der Waals surface area contributed by atoms with Gasteiger partial charge >= 0.3 is 0 Å². The molecular weight excluding hydrogens is 268 g/mol. The van der Waals surface area contributed by atoms with Gasteiger partial charge in [-0.2, -0.15) is 4.98 Å². The van der Waals surface area contributed by atoms with E-state index in [2.05, 4.69) is 15.3 Å². The van der Waals surface area contributed by atoms with Crippen molar-refractivity contribution in [1.82, 2.24) is 9.97 Å². The molecule has 0 unspecified atom stereocenters. The zero-order valence-corrected chi connectivity index (χ0v) is 12.1. The van der Waals surface area contributed by atoms with Gasteiger partial charge in [-0.3, -0.25) is 0 Å². The Hall–Kier alpha value is -2.24. The van der Waals surface area contributed by atoms with E-state index < -0.39 is 0 Å². The van der Waals surface area contributed by atoms with Gasteiger partial charge in [-0.1, -0.05) is 6.92 Å². The van der Waals surface area contributed by atoms with Crippen molar-refractivity contribution in [3.05, 3.63) is 30.0 Å². The van der Waals surface area contributed by atoms with Crippen LogP contribution in [-0.2, 0) is 13.0 Å². The number of nitrogen functional groups attached to an aromatic ring is 1. The molecule has 1 saturated carbocycles. The molecule has 3 rings (SSSR count). The summed E-state index contributed by atoms with van der Waals surface area (Å²) >= 11 is 0. The lowest BCUT2D eigenvalue weighted by Crippen LogP contribution is -2.07. The second-order valence-corrected chi connectivity index (χ2v) is 5.27. The Morgan fingerprint density at radius 1 is 1.43 bits per heavy atom. The first-order chi connectivity index (χ1) is 10.2. The maximum Gasteiger partial charge on any atom is 0.239 e. The number of aromatic nitrogens is 2. The minimum absolute atomic E-state index is 0.485. The molecule has 21 heavy (non-hydrogen) atoms. The van der Waals surface area contributed by atoms with Crippen LogP contribution in [0.5, 0.6) is 5.88 Å². The van der Waals surface area contributed by atoms with Gasteiger partial charge in [0.15, 0.2) is 0 Å². The summed E-state index contributed by atoms with van der Waals surface area (Å²) in [6.07, 6.45) is 5.06. The molecule has 1 fully saturated rings. The molecule has 0 amide bonds. The Labute approximate surface area is 123 Å². The van der Waals surface area contributed by atoms with Crippen LogP contribution >= 0.6 is 0 Å². The van der Waals surface area contributed by atoms with Gasteiger partial charge in [0.1, 0.15) is 11.6 Å². The number of nitrogens with zero attached hydrogens (tertiary/aromatic N) is 2. The van der Waals surface area contributed by atoms with Gasteiger partial charge in [0.05, 0.1) is 25.0 Å². The molecule has 2 aromatic rings. The smallest absolute Gasteiger partial charge is 0.239 e. The van der Waals surface area contributed by atoms with E-state index in [0.717, 1.165) is 12.2 Å². The van der Waals surface area contributed by atoms with E-state index in [1.807, 2.05) is 13.0 Å². The van der Waals surface area contributed by atoms with Gasteiger partial charge in [-0.25, -0.2) is 4.98 Å². The van der Waals surface area contributed by atoms with Crippen LogP contribution < -0.4 is 15.8 Å². The molecule has 0 saturated heterocycles. The predicted molar refractivity (Wildman–Crippen MR) is 80.1 cm³/mol. The van der Waals surface area contributed by atoms with E-state index in [9.17, 15) is 0 Å². The largest absolute Gasteiger partial charge is 0.476 e. The van der Waals surface area contributed by atoms with Gasteiger partial charge in [-0.05, 0) is 30.9 Å². The third-order valence-corrected chi connectivity index (χ3v) is 3.41. The summed E-state index contributed by atoms with van der Waals surface area (Å²) in [5.41, 5.74) is 6.44. The Bertz CT molecular complexity index is 607. The average Bonchev–Trinajstić information content (AvgIpc) is 3.21. The monoisotopic (exact) mass is 288 g/mol. The number of aryl methyl sites for hydroxylation is 1. The first kappa shape index (κ1) is 13.7. The molecule has 0 atom stereocenters. The minimum Gasteiger partial charge on any atom is -0.476 e. The van der Waals surface area contributed by atoms with Gasteiger partial charge in [0.2, 0.25) is 11.8 Å². The molecule has 0 aromatic carbocycles. The minimum atomic E-state index is 0.485.